The summed E-state index contributed by atoms with van der Waals surface area (Å²) in [6.45, 7) is 7.52. The normalized spacial score (nSPS) is 15.7. The molecule has 1 fully saturated rings. The molecule has 4 nitrogen and oxygen atoms in total. The van der Waals surface area contributed by atoms with Crippen LogP contribution in [0.2, 0.25) is 5.02 Å². The fourth-order valence-corrected chi connectivity index (χ4v) is 4.00. The van der Waals surface area contributed by atoms with Gasteiger partial charge in [0.2, 0.25) is 0 Å². The van der Waals surface area contributed by atoms with E-state index in [0.717, 1.165) is 67.5 Å². The van der Waals surface area contributed by atoms with Gasteiger partial charge in [0.25, 0.3) is 0 Å². The number of rotatable bonds is 8. The van der Waals surface area contributed by atoms with Gasteiger partial charge in [0.1, 0.15) is 5.75 Å². The van der Waals surface area contributed by atoms with Gasteiger partial charge in [-0.15, -0.1) is 24.8 Å². The Hall–Kier alpha value is -1.17. The smallest absolute Gasteiger partial charge is 0.119 e. The molecule has 1 heterocycles. The molecular weight excluding hydrogens is 455 g/mol. The van der Waals surface area contributed by atoms with Crippen molar-refractivity contribution in [1.29, 1.82) is 0 Å². The van der Waals surface area contributed by atoms with Crippen molar-refractivity contribution in [2.75, 3.05) is 31.6 Å². The average Bonchev–Trinajstić information content (AvgIpc) is 2.70. The molecule has 0 aliphatic carbocycles. The van der Waals surface area contributed by atoms with Crippen LogP contribution < -0.4 is 9.64 Å². The van der Waals surface area contributed by atoms with E-state index < -0.39 is 5.60 Å². The van der Waals surface area contributed by atoms with E-state index in [1.807, 2.05) is 44.2 Å². The van der Waals surface area contributed by atoms with Gasteiger partial charge in [-0.2, -0.15) is 0 Å². The van der Waals surface area contributed by atoms with Crippen LogP contribution in [-0.2, 0) is 6.54 Å². The molecule has 0 spiro atoms. The lowest BCUT2D eigenvalue weighted by atomic mass is 9.88. The summed E-state index contributed by atoms with van der Waals surface area (Å²) in [5, 5.41) is 11.9. The maximum absolute atomic E-state index is 11.0. The highest BCUT2D eigenvalue weighted by Gasteiger charge is 2.32. The minimum atomic E-state index is -0.591. The van der Waals surface area contributed by atoms with Gasteiger partial charge in [0.05, 0.1) is 11.7 Å². The van der Waals surface area contributed by atoms with Crippen molar-refractivity contribution in [2.24, 2.45) is 0 Å². The summed E-state index contributed by atoms with van der Waals surface area (Å²) >= 11 is 6.29. The number of aliphatic hydroxyl groups is 1. The molecule has 0 atom stereocenters. The van der Waals surface area contributed by atoms with Gasteiger partial charge in [-0.05, 0) is 69.0 Å². The van der Waals surface area contributed by atoms with E-state index in [1.54, 1.807) is 0 Å². The third kappa shape index (κ3) is 8.36. The van der Waals surface area contributed by atoms with Gasteiger partial charge in [-0.3, -0.25) is 4.90 Å². The quantitative estimate of drug-likeness (QED) is 0.506. The van der Waals surface area contributed by atoms with Crippen molar-refractivity contribution in [2.45, 2.75) is 51.4 Å². The highest BCUT2D eigenvalue weighted by Crippen LogP contribution is 2.29. The van der Waals surface area contributed by atoms with Crippen LogP contribution in [0.5, 0.6) is 5.75 Å². The van der Waals surface area contributed by atoms with Crippen LogP contribution in [0, 0.1) is 0 Å². The molecule has 1 aliphatic rings. The molecule has 31 heavy (non-hydrogen) atoms. The zero-order valence-electron chi connectivity index (χ0n) is 18.6. The van der Waals surface area contributed by atoms with E-state index in [9.17, 15) is 5.11 Å². The highest BCUT2D eigenvalue weighted by molar-refractivity contribution is 6.31. The zero-order valence-corrected chi connectivity index (χ0v) is 21.0. The summed E-state index contributed by atoms with van der Waals surface area (Å²) in [5.74, 6) is 0.890. The predicted octanol–water partition coefficient (Wildman–Crippen LogP) is 5.82. The van der Waals surface area contributed by atoms with Crippen LogP contribution in [0.3, 0.4) is 0 Å². The summed E-state index contributed by atoms with van der Waals surface area (Å²) in [4.78, 5) is 4.58. The second-order valence-electron chi connectivity index (χ2n) is 8.42. The molecule has 174 valence electrons. The van der Waals surface area contributed by atoms with Crippen LogP contribution in [0.4, 0.5) is 5.69 Å². The standard InChI is InChI=1S/C24H33ClN2O2.2ClH/c1-19(2)29-22-10-8-21(9-11-22)26(3)15-12-24(28)13-16-27(17-14-24)18-20-6-4-5-7-23(20)25;;/h4-11,19,28H,12-18H2,1-3H3;2*1H. The summed E-state index contributed by atoms with van der Waals surface area (Å²) < 4.78 is 5.71. The van der Waals surface area contributed by atoms with Crippen LogP contribution in [0.1, 0.15) is 38.7 Å². The lowest BCUT2D eigenvalue weighted by molar-refractivity contribution is -0.0275. The monoisotopic (exact) mass is 488 g/mol. The zero-order chi connectivity index (χ0) is 20.9. The number of nitrogens with zero attached hydrogens (tertiary/aromatic N) is 2. The maximum atomic E-state index is 11.0. The third-order valence-corrected chi connectivity index (χ3v) is 6.07. The van der Waals surface area contributed by atoms with Crippen molar-refractivity contribution in [3.8, 4) is 5.75 Å². The molecule has 0 unspecified atom stereocenters. The Morgan fingerprint density at radius 1 is 1.06 bits per heavy atom. The number of anilines is 1. The Labute approximate surface area is 204 Å². The molecule has 0 saturated carbocycles. The number of halogens is 3. The van der Waals surface area contributed by atoms with Crippen LogP contribution in [-0.4, -0.2) is 48.4 Å². The van der Waals surface area contributed by atoms with Crippen LogP contribution >= 0.6 is 36.4 Å². The van der Waals surface area contributed by atoms with Gasteiger partial charge >= 0.3 is 0 Å². The fourth-order valence-electron chi connectivity index (χ4n) is 3.80. The first-order valence-electron chi connectivity index (χ1n) is 10.5. The lowest BCUT2D eigenvalue weighted by Crippen LogP contribution is -2.45. The van der Waals surface area contributed by atoms with Gasteiger partial charge in [-0.1, -0.05) is 29.8 Å². The van der Waals surface area contributed by atoms with Gasteiger partial charge in [0.15, 0.2) is 0 Å². The Kier molecular flexibility index (Phi) is 11.5. The van der Waals surface area contributed by atoms with E-state index in [2.05, 4.69) is 35.0 Å². The van der Waals surface area contributed by atoms with Crippen LogP contribution in [0.25, 0.3) is 0 Å². The summed E-state index contributed by atoms with van der Waals surface area (Å²) in [6.07, 6.45) is 2.55. The van der Waals surface area contributed by atoms with Crippen molar-refractivity contribution >= 4 is 42.1 Å². The SMILES string of the molecule is CC(C)Oc1ccc(N(C)CCC2(O)CCN(Cc3ccccc3Cl)CC2)cc1.Cl.Cl. The molecule has 2 aromatic rings. The van der Waals surface area contributed by atoms with E-state index in [4.69, 9.17) is 16.3 Å². The van der Waals surface area contributed by atoms with Crippen molar-refractivity contribution < 1.29 is 9.84 Å². The molecule has 7 heteroatoms. The second-order valence-corrected chi connectivity index (χ2v) is 8.83. The predicted molar refractivity (Wildman–Crippen MR) is 136 cm³/mol. The van der Waals surface area contributed by atoms with Crippen molar-refractivity contribution in [1.82, 2.24) is 4.90 Å². The number of ether oxygens (including phenoxy) is 1. The molecule has 2 aromatic carbocycles. The molecule has 0 radical (unpaired) electrons. The third-order valence-electron chi connectivity index (χ3n) is 5.70. The molecule has 0 bridgehead atoms. The minimum absolute atomic E-state index is 0. The topological polar surface area (TPSA) is 35.9 Å². The van der Waals surface area contributed by atoms with Crippen molar-refractivity contribution in [3.05, 3.63) is 59.1 Å². The first-order chi connectivity index (χ1) is 13.8. The Bertz CT molecular complexity index is 779. The van der Waals surface area contributed by atoms with Gasteiger partial charge < -0.3 is 14.7 Å². The Balaban J connectivity index is 0.00000240. The number of piperidine rings is 1. The summed E-state index contributed by atoms with van der Waals surface area (Å²) in [6, 6.07) is 16.2. The molecule has 1 saturated heterocycles. The van der Waals surface area contributed by atoms with E-state index in [0.29, 0.717) is 0 Å². The van der Waals surface area contributed by atoms with Crippen molar-refractivity contribution in [3.63, 3.8) is 0 Å². The van der Waals surface area contributed by atoms with E-state index in [-0.39, 0.29) is 30.9 Å². The number of benzene rings is 2. The highest BCUT2D eigenvalue weighted by atomic mass is 35.5. The molecule has 3 rings (SSSR count). The minimum Gasteiger partial charge on any atom is -0.491 e. The molecular formula is C24H35Cl3N2O2. The largest absolute Gasteiger partial charge is 0.491 e. The van der Waals surface area contributed by atoms with Gasteiger partial charge in [0, 0.05) is 43.9 Å². The van der Waals surface area contributed by atoms with Crippen LogP contribution in [0.15, 0.2) is 48.5 Å². The summed E-state index contributed by atoms with van der Waals surface area (Å²) in [5.41, 5.74) is 1.71. The second kappa shape index (κ2) is 12.8. The fraction of sp³-hybridized carbons (Fsp3) is 0.500. The number of likely N-dealkylation sites (tertiary alicyclic amines) is 1. The molecule has 0 aromatic heterocycles. The number of hydrogen-bond donors (Lipinski definition) is 1. The average molecular weight is 490 g/mol. The van der Waals surface area contributed by atoms with E-state index >= 15 is 0 Å². The summed E-state index contributed by atoms with van der Waals surface area (Å²) in [7, 11) is 2.08. The Morgan fingerprint density at radius 2 is 1.68 bits per heavy atom. The number of hydrogen-bond acceptors (Lipinski definition) is 4. The maximum Gasteiger partial charge on any atom is 0.119 e. The molecule has 0 amide bonds. The Morgan fingerprint density at radius 3 is 2.26 bits per heavy atom. The van der Waals surface area contributed by atoms with E-state index in [1.165, 1.54) is 0 Å². The molecule has 1 aliphatic heterocycles. The molecule has 1 N–H and O–H groups in total. The first-order valence-corrected chi connectivity index (χ1v) is 10.9. The first kappa shape index (κ1) is 27.9. The van der Waals surface area contributed by atoms with Gasteiger partial charge in [-0.25, -0.2) is 0 Å². The lowest BCUT2D eigenvalue weighted by Gasteiger charge is -2.39.